The monoisotopic (exact) mass is 470 g/mol. The van der Waals surface area contributed by atoms with Crippen LogP contribution in [-0.4, -0.2) is 5.97 Å². The van der Waals surface area contributed by atoms with Crippen LogP contribution in [0, 0.1) is 0 Å². The van der Waals surface area contributed by atoms with Gasteiger partial charge in [-0.05, 0) is 46.6 Å². The quantitative estimate of drug-likeness (QED) is 0.334. The minimum atomic E-state index is -4.99. The second-order valence-corrected chi connectivity index (χ2v) is 6.86. The fourth-order valence-corrected chi connectivity index (χ4v) is 2.89. The summed E-state index contributed by atoms with van der Waals surface area (Å²) in [6.07, 6.45) is -4.29. The maximum absolute atomic E-state index is 13.6. The van der Waals surface area contributed by atoms with Crippen molar-refractivity contribution >= 4 is 32.9 Å². The molecule has 152 valence electrons. The Morgan fingerprint density at radius 2 is 1.90 bits per heavy atom. The Kier molecular flexibility index (Phi) is 5.97. The highest BCUT2D eigenvalue weighted by Crippen LogP contribution is 2.39. The summed E-state index contributed by atoms with van der Waals surface area (Å²) < 4.78 is 56.3. The lowest BCUT2D eigenvalue weighted by Gasteiger charge is -2.14. The molecule has 0 saturated carbocycles. The SMILES string of the molecule is CCCC(=O)Oc1ccc2c(=O)c(Oc3ccccc3Br)c(C(F)(F)F)oc2c1. The molecule has 0 aliphatic carbocycles. The predicted molar refractivity (Wildman–Crippen MR) is 102 cm³/mol. The van der Waals surface area contributed by atoms with Crippen molar-refractivity contribution in [3.05, 3.63) is 62.9 Å². The van der Waals surface area contributed by atoms with Crippen LogP contribution < -0.4 is 14.9 Å². The Bertz CT molecular complexity index is 1120. The standard InChI is InChI=1S/C20H14BrF3O5/c1-2-5-16(25)27-11-8-9-12-15(10-11)29-19(20(22,23)24)18(17(12)26)28-14-7-4-3-6-13(14)21/h3-4,6-10H,2,5H2,1H3. The third kappa shape index (κ3) is 4.61. The first-order valence-electron chi connectivity index (χ1n) is 8.51. The van der Waals surface area contributed by atoms with Crippen LogP contribution in [0.5, 0.6) is 17.2 Å². The Morgan fingerprint density at radius 3 is 2.55 bits per heavy atom. The molecule has 0 aliphatic heterocycles. The van der Waals surface area contributed by atoms with Crippen LogP contribution in [0.25, 0.3) is 11.0 Å². The van der Waals surface area contributed by atoms with Gasteiger partial charge in [-0.1, -0.05) is 19.1 Å². The summed E-state index contributed by atoms with van der Waals surface area (Å²) in [5.74, 6) is -3.10. The summed E-state index contributed by atoms with van der Waals surface area (Å²) in [5.41, 5.74) is -1.37. The summed E-state index contributed by atoms with van der Waals surface area (Å²) in [7, 11) is 0. The number of hydrogen-bond acceptors (Lipinski definition) is 5. The van der Waals surface area contributed by atoms with E-state index in [1.165, 1.54) is 18.2 Å². The van der Waals surface area contributed by atoms with Gasteiger partial charge in [0.2, 0.25) is 11.2 Å². The van der Waals surface area contributed by atoms with Gasteiger partial charge < -0.3 is 13.9 Å². The smallest absolute Gasteiger partial charge is 0.448 e. The summed E-state index contributed by atoms with van der Waals surface area (Å²) in [6.45, 7) is 1.78. The minimum absolute atomic E-state index is 0.0216. The molecule has 3 aromatic rings. The molecule has 0 radical (unpaired) electrons. The number of benzene rings is 2. The molecule has 0 fully saturated rings. The van der Waals surface area contributed by atoms with Crippen LogP contribution in [0.15, 0.2) is 56.1 Å². The van der Waals surface area contributed by atoms with Gasteiger partial charge in [0.25, 0.3) is 5.76 Å². The lowest BCUT2D eigenvalue weighted by atomic mass is 10.2. The van der Waals surface area contributed by atoms with Gasteiger partial charge in [0.1, 0.15) is 17.1 Å². The van der Waals surface area contributed by atoms with Crippen molar-refractivity contribution in [1.29, 1.82) is 0 Å². The fraction of sp³-hybridized carbons (Fsp3) is 0.200. The molecule has 9 heteroatoms. The normalized spacial score (nSPS) is 11.5. The van der Waals surface area contributed by atoms with E-state index in [1.807, 2.05) is 0 Å². The topological polar surface area (TPSA) is 65.7 Å². The summed E-state index contributed by atoms with van der Waals surface area (Å²) in [4.78, 5) is 24.4. The van der Waals surface area contributed by atoms with Gasteiger partial charge >= 0.3 is 12.1 Å². The number of alkyl halides is 3. The van der Waals surface area contributed by atoms with E-state index in [9.17, 15) is 22.8 Å². The van der Waals surface area contributed by atoms with Crippen molar-refractivity contribution in [3.63, 3.8) is 0 Å². The minimum Gasteiger partial charge on any atom is -0.448 e. The average Bonchev–Trinajstić information content (AvgIpc) is 2.64. The highest BCUT2D eigenvalue weighted by molar-refractivity contribution is 9.10. The first-order chi connectivity index (χ1) is 13.7. The van der Waals surface area contributed by atoms with Gasteiger partial charge in [-0.2, -0.15) is 13.2 Å². The van der Waals surface area contributed by atoms with Gasteiger partial charge in [-0.3, -0.25) is 9.59 Å². The van der Waals surface area contributed by atoms with Crippen molar-refractivity contribution in [3.8, 4) is 17.2 Å². The molecule has 0 bridgehead atoms. The van der Waals surface area contributed by atoms with Crippen molar-refractivity contribution in [1.82, 2.24) is 0 Å². The van der Waals surface area contributed by atoms with E-state index in [0.717, 1.165) is 6.07 Å². The Balaban J connectivity index is 2.14. The molecule has 0 spiro atoms. The van der Waals surface area contributed by atoms with Crippen molar-refractivity contribution in [2.24, 2.45) is 0 Å². The molecule has 0 amide bonds. The van der Waals surface area contributed by atoms with Crippen LogP contribution in [0.2, 0.25) is 0 Å². The van der Waals surface area contributed by atoms with Gasteiger partial charge in [0, 0.05) is 12.5 Å². The van der Waals surface area contributed by atoms with E-state index in [1.54, 1.807) is 25.1 Å². The number of halogens is 4. The number of para-hydroxylation sites is 1. The third-order valence-electron chi connectivity index (χ3n) is 3.81. The highest BCUT2D eigenvalue weighted by atomic mass is 79.9. The predicted octanol–water partition coefficient (Wildman–Crippen LogP) is 6.07. The Hall–Kier alpha value is -2.81. The molecular weight excluding hydrogens is 457 g/mol. The van der Waals surface area contributed by atoms with E-state index in [-0.39, 0.29) is 28.9 Å². The molecule has 0 atom stereocenters. The Labute approximate surface area is 171 Å². The lowest BCUT2D eigenvalue weighted by Crippen LogP contribution is -2.15. The average molecular weight is 471 g/mol. The largest absolute Gasteiger partial charge is 0.453 e. The van der Waals surface area contributed by atoms with Crippen LogP contribution >= 0.6 is 15.9 Å². The van der Waals surface area contributed by atoms with Crippen molar-refractivity contribution < 1.29 is 31.9 Å². The number of carbonyl (C=O) groups excluding carboxylic acids is 1. The zero-order valence-electron chi connectivity index (χ0n) is 15.0. The van der Waals surface area contributed by atoms with Gasteiger partial charge in [0.15, 0.2) is 0 Å². The number of hydrogen-bond donors (Lipinski definition) is 0. The second-order valence-electron chi connectivity index (χ2n) is 6.00. The van der Waals surface area contributed by atoms with E-state index in [0.29, 0.717) is 10.9 Å². The first kappa shape index (κ1) is 20.9. The molecular formula is C20H14BrF3O5. The molecule has 0 saturated heterocycles. The van der Waals surface area contributed by atoms with E-state index in [2.05, 4.69) is 15.9 Å². The summed E-state index contributed by atoms with van der Waals surface area (Å²) in [5, 5.41) is -0.143. The van der Waals surface area contributed by atoms with Crippen LogP contribution in [0.4, 0.5) is 13.2 Å². The van der Waals surface area contributed by atoms with Crippen LogP contribution in [-0.2, 0) is 11.0 Å². The fourth-order valence-electron chi connectivity index (χ4n) is 2.52. The molecule has 0 aliphatic rings. The van der Waals surface area contributed by atoms with Crippen molar-refractivity contribution in [2.75, 3.05) is 0 Å². The Morgan fingerprint density at radius 1 is 1.17 bits per heavy atom. The first-order valence-corrected chi connectivity index (χ1v) is 9.31. The maximum atomic E-state index is 13.6. The summed E-state index contributed by atoms with van der Waals surface area (Å²) in [6, 6.07) is 9.76. The maximum Gasteiger partial charge on any atom is 0.453 e. The number of fused-ring (bicyclic) bond motifs is 1. The van der Waals surface area contributed by atoms with E-state index in [4.69, 9.17) is 13.9 Å². The number of carbonyl (C=O) groups is 1. The van der Waals surface area contributed by atoms with Crippen LogP contribution in [0.1, 0.15) is 25.5 Å². The van der Waals surface area contributed by atoms with E-state index >= 15 is 0 Å². The number of esters is 1. The summed E-state index contributed by atoms with van der Waals surface area (Å²) >= 11 is 3.16. The highest BCUT2D eigenvalue weighted by Gasteiger charge is 2.40. The zero-order valence-corrected chi connectivity index (χ0v) is 16.6. The molecule has 2 aromatic carbocycles. The van der Waals surface area contributed by atoms with Gasteiger partial charge in [0.05, 0.1) is 9.86 Å². The van der Waals surface area contributed by atoms with Crippen LogP contribution in [0.3, 0.4) is 0 Å². The lowest BCUT2D eigenvalue weighted by molar-refractivity contribution is -0.154. The van der Waals surface area contributed by atoms with Crippen molar-refractivity contribution in [2.45, 2.75) is 25.9 Å². The number of ether oxygens (including phenoxy) is 2. The molecule has 1 heterocycles. The van der Waals surface area contributed by atoms with E-state index < -0.39 is 29.1 Å². The molecule has 3 rings (SSSR count). The van der Waals surface area contributed by atoms with Gasteiger partial charge in [-0.15, -0.1) is 0 Å². The molecule has 5 nitrogen and oxygen atoms in total. The zero-order chi connectivity index (χ0) is 21.2. The number of rotatable bonds is 5. The third-order valence-corrected chi connectivity index (χ3v) is 4.47. The second kappa shape index (κ2) is 8.28. The van der Waals surface area contributed by atoms with Gasteiger partial charge in [-0.25, -0.2) is 0 Å². The molecule has 29 heavy (non-hydrogen) atoms. The molecule has 1 aromatic heterocycles. The molecule has 0 unspecified atom stereocenters. The molecule has 0 N–H and O–H groups in total.